The zero-order valence-corrected chi connectivity index (χ0v) is 11.4. The molecule has 0 unspecified atom stereocenters. The molecule has 0 aromatic heterocycles. The van der Waals surface area contributed by atoms with E-state index in [0.29, 0.717) is 5.69 Å². The highest BCUT2D eigenvalue weighted by Crippen LogP contribution is 2.26. The van der Waals surface area contributed by atoms with Gasteiger partial charge in [0.1, 0.15) is 6.54 Å². The third-order valence-electron chi connectivity index (χ3n) is 2.84. The van der Waals surface area contributed by atoms with Gasteiger partial charge in [0, 0.05) is 0 Å². The van der Waals surface area contributed by atoms with Crippen molar-refractivity contribution in [2.24, 2.45) is 0 Å². The Bertz CT molecular complexity index is 570. The summed E-state index contributed by atoms with van der Waals surface area (Å²) in [5, 5.41) is 0. The van der Waals surface area contributed by atoms with Gasteiger partial charge in [-0.2, -0.15) is 8.42 Å². The van der Waals surface area contributed by atoms with Crippen LogP contribution in [0.2, 0.25) is 0 Å². The Morgan fingerprint density at radius 1 is 1.17 bits per heavy atom. The highest BCUT2D eigenvalue weighted by molar-refractivity contribution is 7.92. The van der Waals surface area contributed by atoms with E-state index in [1.54, 1.807) is 12.1 Å². The third kappa shape index (κ3) is 2.33. The number of rotatable bonds is 1. The predicted octanol–water partition coefficient (Wildman–Crippen LogP) is 1.17. The maximum Gasteiger partial charge on any atom is 0.326 e. The lowest BCUT2D eigenvalue weighted by Crippen LogP contribution is -2.29. The second-order valence-corrected chi connectivity index (χ2v) is 6.93. The van der Waals surface area contributed by atoms with Crippen molar-refractivity contribution in [3.05, 3.63) is 29.8 Å². The molecule has 0 atom stereocenters. The summed E-state index contributed by atoms with van der Waals surface area (Å²) in [6.07, 6.45) is 0. The van der Waals surface area contributed by atoms with Gasteiger partial charge in [0.25, 0.3) is 5.91 Å². The van der Waals surface area contributed by atoms with Crippen LogP contribution in [0.5, 0.6) is 0 Å². The summed E-state index contributed by atoms with van der Waals surface area (Å²) in [5.41, 5.74) is 1.62. The summed E-state index contributed by atoms with van der Waals surface area (Å²) in [6.45, 7) is 6.09. The van der Waals surface area contributed by atoms with Gasteiger partial charge in [-0.3, -0.25) is 4.79 Å². The van der Waals surface area contributed by atoms with Crippen molar-refractivity contribution in [3.8, 4) is 0 Å². The molecule has 98 valence electrons. The largest absolute Gasteiger partial charge is 0.326 e. The molecule has 0 spiro atoms. The van der Waals surface area contributed by atoms with Crippen molar-refractivity contribution in [2.75, 3.05) is 10.8 Å². The summed E-state index contributed by atoms with van der Waals surface area (Å²) in [7, 11) is -3.70. The van der Waals surface area contributed by atoms with Crippen LogP contribution in [0.3, 0.4) is 0 Å². The molecule has 0 saturated carbocycles. The Morgan fingerprint density at radius 3 is 2.11 bits per heavy atom. The number of anilines is 1. The molecular formula is C12H16N2O3S. The molecule has 1 N–H and O–H groups in total. The quantitative estimate of drug-likeness (QED) is 0.831. The Hall–Kier alpha value is -1.56. The molecular weight excluding hydrogens is 252 g/mol. The van der Waals surface area contributed by atoms with E-state index in [4.69, 9.17) is 0 Å². The molecule has 1 saturated heterocycles. The number of carbonyl (C=O) groups excluding carboxylic acids is 1. The van der Waals surface area contributed by atoms with Gasteiger partial charge in [-0.15, -0.1) is 0 Å². The number of carbonyl (C=O) groups is 1. The van der Waals surface area contributed by atoms with Crippen molar-refractivity contribution in [2.45, 2.75) is 26.2 Å². The van der Waals surface area contributed by atoms with Gasteiger partial charge in [-0.1, -0.05) is 32.9 Å². The van der Waals surface area contributed by atoms with Crippen LogP contribution < -0.4 is 9.03 Å². The Labute approximate surface area is 107 Å². The molecule has 1 aliphatic heterocycles. The normalized spacial score (nSPS) is 18.8. The standard InChI is InChI=1S/C12H16N2O3S/c1-12(2,3)9-4-6-10(7-5-9)14-8-11(15)13-18(14,16)17/h4-7H,8H2,1-3H3,(H,13,15). The first-order valence-corrected chi connectivity index (χ1v) is 7.08. The van der Waals surface area contributed by atoms with Crippen LogP contribution >= 0.6 is 0 Å². The first-order valence-electron chi connectivity index (χ1n) is 5.64. The van der Waals surface area contributed by atoms with Gasteiger partial charge in [0.15, 0.2) is 0 Å². The van der Waals surface area contributed by atoms with E-state index < -0.39 is 16.1 Å². The van der Waals surface area contributed by atoms with E-state index in [1.807, 2.05) is 16.9 Å². The monoisotopic (exact) mass is 268 g/mol. The average molecular weight is 268 g/mol. The molecule has 1 aliphatic rings. The van der Waals surface area contributed by atoms with Crippen molar-refractivity contribution in [1.82, 2.24) is 4.72 Å². The lowest BCUT2D eigenvalue weighted by Gasteiger charge is -2.21. The molecule has 1 aromatic carbocycles. The minimum absolute atomic E-state index is 0.0104. The van der Waals surface area contributed by atoms with Gasteiger partial charge < -0.3 is 0 Å². The summed E-state index contributed by atoms with van der Waals surface area (Å²) in [4.78, 5) is 11.1. The summed E-state index contributed by atoms with van der Waals surface area (Å²) in [6, 6.07) is 7.21. The number of amides is 1. The van der Waals surface area contributed by atoms with Gasteiger partial charge >= 0.3 is 10.2 Å². The maximum atomic E-state index is 11.6. The van der Waals surface area contributed by atoms with Crippen LogP contribution in [-0.2, 0) is 20.4 Å². The highest BCUT2D eigenvalue weighted by Gasteiger charge is 2.33. The van der Waals surface area contributed by atoms with Crippen LogP contribution in [0.25, 0.3) is 0 Å². The first-order chi connectivity index (χ1) is 8.20. The van der Waals surface area contributed by atoms with E-state index >= 15 is 0 Å². The third-order valence-corrected chi connectivity index (χ3v) is 4.25. The molecule has 1 aromatic rings. The van der Waals surface area contributed by atoms with E-state index in [2.05, 4.69) is 20.8 Å². The molecule has 5 nitrogen and oxygen atoms in total. The summed E-state index contributed by atoms with van der Waals surface area (Å²) < 4.78 is 26.3. The molecule has 0 aliphatic carbocycles. The Morgan fingerprint density at radius 2 is 1.72 bits per heavy atom. The topological polar surface area (TPSA) is 66.5 Å². The van der Waals surface area contributed by atoms with Gasteiger partial charge in [0.2, 0.25) is 0 Å². The Kier molecular flexibility index (Phi) is 2.85. The van der Waals surface area contributed by atoms with Gasteiger partial charge in [-0.05, 0) is 23.1 Å². The Balaban J connectivity index is 2.34. The first kappa shape index (κ1) is 12.9. The van der Waals surface area contributed by atoms with Crippen LogP contribution in [0.4, 0.5) is 5.69 Å². The fraction of sp³-hybridized carbons (Fsp3) is 0.417. The van der Waals surface area contributed by atoms with Gasteiger partial charge in [-0.25, -0.2) is 9.03 Å². The molecule has 18 heavy (non-hydrogen) atoms. The van der Waals surface area contributed by atoms with E-state index in [1.165, 1.54) is 0 Å². The minimum atomic E-state index is -3.70. The fourth-order valence-corrected chi connectivity index (χ4v) is 2.95. The molecule has 0 bridgehead atoms. The molecule has 2 rings (SSSR count). The summed E-state index contributed by atoms with van der Waals surface area (Å²) >= 11 is 0. The van der Waals surface area contributed by atoms with E-state index in [0.717, 1.165) is 9.87 Å². The lowest BCUT2D eigenvalue weighted by atomic mass is 9.87. The average Bonchev–Trinajstić information content (AvgIpc) is 2.51. The lowest BCUT2D eigenvalue weighted by molar-refractivity contribution is -0.117. The number of nitrogens with zero attached hydrogens (tertiary/aromatic N) is 1. The molecule has 1 fully saturated rings. The number of hydrogen-bond acceptors (Lipinski definition) is 3. The second kappa shape index (κ2) is 3.98. The van der Waals surface area contributed by atoms with Crippen LogP contribution in [-0.4, -0.2) is 20.9 Å². The smallest absolute Gasteiger partial charge is 0.272 e. The SMILES string of the molecule is CC(C)(C)c1ccc(N2CC(=O)NS2(=O)=O)cc1. The zero-order chi connectivity index (χ0) is 13.6. The van der Waals surface area contributed by atoms with Crippen molar-refractivity contribution < 1.29 is 13.2 Å². The van der Waals surface area contributed by atoms with E-state index in [9.17, 15) is 13.2 Å². The maximum absolute atomic E-state index is 11.6. The van der Waals surface area contributed by atoms with Crippen molar-refractivity contribution >= 4 is 21.8 Å². The molecule has 6 heteroatoms. The van der Waals surface area contributed by atoms with Crippen molar-refractivity contribution in [3.63, 3.8) is 0 Å². The predicted molar refractivity (Wildman–Crippen MR) is 69.6 cm³/mol. The zero-order valence-electron chi connectivity index (χ0n) is 10.6. The van der Waals surface area contributed by atoms with E-state index in [-0.39, 0.29) is 12.0 Å². The van der Waals surface area contributed by atoms with Crippen LogP contribution in [0.15, 0.2) is 24.3 Å². The second-order valence-electron chi connectivity index (χ2n) is 5.33. The molecule has 1 amide bonds. The minimum Gasteiger partial charge on any atom is -0.272 e. The van der Waals surface area contributed by atoms with Crippen LogP contribution in [0, 0.1) is 0 Å². The summed E-state index contributed by atoms with van der Waals surface area (Å²) in [5.74, 6) is -0.505. The molecule has 0 radical (unpaired) electrons. The highest BCUT2D eigenvalue weighted by atomic mass is 32.2. The van der Waals surface area contributed by atoms with Crippen LogP contribution in [0.1, 0.15) is 26.3 Å². The molecule has 1 heterocycles. The van der Waals surface area contributed by atoms with Gasteiger partial charge in [0.05, 0.1) is 5.69 Å². The number of benzene rings is 1. The number of hydrogen-bond donors (Lipinski definition) is 1. The number of nitrogens with one attached hydrogen (secondary N) is 1. The fourth-order valence-electron chi connectivity index (χ4n) is 1.80. The van der Waals surface area contributed by atoms with Crippen molar-refractivity contribution in [1.29, 1.82) is 0 Å².